The van der Waals surface area contributed by atoms with Crippen molar-refractivity contribution in [3.63, 3.8) is 0 Å². The van der Waals surface area contributed by atoms with Gasteiger partial charge in [-0.3, -0.25) is 14.9 Å². The van der Waals surface area contributed by atoms with E-state index in [9.17, 15) is 23.3 Å². The summed E-state index contributed by atoms with van der Waals surface area (Å²) in [5.41, 5.74) is -1.03. The van der Waals surface area contributed by atoms with Crippen molar-refractivity contribution in [3.8, 4) is 0 Å². The zero-order chi connectivity index (χ0) is 21.3. The van der Waals surface area contributed by atoms with Crippen LogP contribution in [-0.2, 0) is 9.84 Å². The van der Waals surface area contributed by atoms with Crippen LogP contribution in [0.2, 0.25) is 0 Å². The first-order valence-corrected chi connectivity index (χ1v) is 12.1. The summed E-state index contributed by atoms with van der Waals surface area (Å²) in [5, 5.41) is 12.0. The van der Waals surface area contributed by atoms with Crippen molar-refractivity contribution in [3.05, 3.63) is 32.6 Å². The van der Waals surface area contributed by atoms with Gasteiger partial charge >= 0.3 is 0 Å². The van der Waals surface area contributed by atoms with Gasteiger partial charge in [-0.25, -0.2) is 8.42 Å². The van der Waals surface area contributed by atoms with Crippen molar-refractivity contribution >= 4 is 42.1 Å². The van der Waals surface area contributed by atoms with E-state index in [4.69, 9.17) is 0 Å². The Bertz CT molecular complexity index is 1100. The van der Waals surface area contributed by atoms with Crippen LogP contribution < -0.4 is 10.5 Å². The molecule has 0 N–H and O–H groups in total. The molecule has 0 amide bonds. The number of sulfone groups is 1. The minimum absolute atomic E-state index is 0.0374. The predicted molar refractivity (Wildman–Crippen MR) is 114 cm³/mol. The average Bonchev–Trinajstić information content (AvgIpc) is 2.85. The molecule has 11 heteroatoms. The summed E-state index contributed by atoms with van der Waals surface area (Å²) in [6.07, 6.45) is 1.86. The van der Waals surface area contributed by atoms with E-state index in [1.54, 1.807) is 0 Å². The molecule has 1 aliphatic rings. The van der Waals surface area contributed by atoms with E-state index in [-0.39, 0.29) is 20.7 Å². The summed E-state index contributed by atoms with van der Waals surface area (Å²) in [6.45, 7) is 8.50. The number of aromatic nitrogens is 1. The molecule has 1 aromatic carbocycles. The molecule has 158 valence electrons. The molecular formula is C18H24N4O5S2. The SMILES string of the molecule is CC(C)CN1CCCN(c2nc(=O)c3cc(S(C)(=O)=O)cc([N+](=O)[O-])c3s2)CC1. The van der Waals surface area contributed by atoms with Gasteiger partial charge in [0.2, 0.25) is 0 Å². The Morgan fingerprint density at radius 3 is 2.59 bits per heavy atom. The van der Waals surface area contributed by atoms with E-state index in [1.807, 2.05) is 4.90 Å². The van der Waals surface area contributed by atoms with Gasteiger partial charge in [-0.05, 0) is 24.9 Å². The number of non-ortho nitro benzene ring substituents is 1. The van der Waals surface area contributed by atoms with Crippen molar-refractivity contribution in [2.45, 2.75) is 25.2 Å². The number of nitrogens with zero attached hydrogens (tertiary/aromatic N) is 4. The lowest BCUT2D eigenvalue weighted by Gasteiger charge is -2.23. The first-order chi connectivity index (χ1) is 13.6. The van der Waals surface area contributed by atoms with E-state index in [2.05, 4.69) is 23.7 Å². The normalized spacial score (nSPS) is 16.3. The molecule has 0 saturated carbocycles. The molecule has 0 spiro atoms. The summed E-state index contributed by atoms with van der Waals surface area (Å²) < 4.78 is 23.9. The Morgan fingerprint density at radius 1 is 1.24 bits per heavy atom. The summed E-state index contributed by atoms with van der Waals surface area (Å²) >= 11 is 1.07. The molecule has 0 bridgehead atoms. The molecule has 2 heterocycles. The van der Waals surface area contributed by atoms with E-state index >= 15 is 0 Å². The largest absolute Gasteiger partial charge is 0.347 e. The lowest BCUT2D eigenvalue weighted by molar-refractivity contribution is -0.383. The minimum atomic E-state index is -3.70. The zero-order valence-electron chi connectivity index (χ0n) is 16.6. The highest BCUT2D eigenvalue weighted by Gasteiger charge is 2.24. The molecule has 1 fully saturated rings. The quantitative estimate of drug-likeness (QED) is 0.513. The molecule has 0 unspecified atom stereocenters. The molecule has 0 aliphatic carbocycles. The Hall–Kier alpha value is -2.11. The van der Waals surface area contributed by atoms with Crippen molar-refractivity contribution in [2.75, 3.05) is 43.9 Å². The van der Waals surface area contributed by atoms with E-state index < -0.39 is 20.3 Å². The van der Waals surface area contributed by atoms with Crippen molar-refractivity contribution < 1.29 is 13.3 Å². The van der Waals surface area contributed by atoms with Gasteiger partial charge in [0.15, 0.2) is 15.0 Å². The molecule has 2 aromatic rings. The molecular weight excluding hydrogens is 416 g/mol. The lowest BCUT2D eigenvalue weighted by Crippen LogP contribution is -2.33. The van der Waals surface area contributed by atoms with Crippen molar-refractivity contribution in [2.24, 2.45) is 5.92 Å². The first-order valence-electron chi connectivity index (χ1n) is 9.37. The number of hydrogen-bond donors (Lipinski definition) is 0. The van der Waals surface area contributed by atoms with Gasteiger partial charge in [0.25, 0.3) is 11.2 Å². The van der Waals surface area contributed by atoms with Gasteiger partial charge in [0, 0.05) is 38.5 Å². The van der Waals surface area contributed by atoms with Crippen LogP contribution in [0.25, 0.3) is 10.1 Å². The maximum absolute atomic E-state index is 12.6. The van der Waals surface area contributed by atoms with Crippen LogP contribution in [0, 0.1) is 16.0 Å². The molecule has 1 aromatic heterocycles. The van der Waals surface area contributed by atoms with Gasteiger partial charge in [0.1, 0.15) is 4.70 Å². The molecule has 0 radical (unpaired) electrons. The second-order valence-corrected chi connectivity index (χ2v) is 10.7. The molecule has 9 nitrogen and oxygen atoms in total. The minimum Gasteiger partial charge on any atom is -0.347 e. The number of benzene rings is 1. The molecule has 1 aliphatic heterocycles. The predicted octanol–water partition coefficient (Wildman–Crippen LogP) is 2.14. The van der Waals surface area contributed by atoms with Crippen LogP contribution in [0.5, 0.6) is 0 Å². The van der Waals surface area contributed by atoms with Crippen molar-refractivity contribution in [1.29, 1.82) is 0 Å². The van der Waals surface area contributed by atoms with E-state index in [0.29, 0.717) is 24.1 Å². The van der Waals surface area contributed by atoms with Gasteiger partial charge in [-0.15, -0.1) is 0 Å². The molecule has 1 saturated heterocycles. The third-order valence-electron chi connectivity index (χ3n) is 4.77. The Labute approximate surface area is 173 Å². The Balaban J connectivity index is 2.04. The second-order valence-electron chi connectivity index (χ2n) is 7.69. The van der Waals surface area contributed by atoms with Gasteiger partial charge in [0.05, 0.1) is 15.2 Å². The molecule has 0 atom stereocenters. The van der Waals surface area contributed by atoms with Crippen LogP contribution in [0.15, 0.2) is 21.8 Å². The smallest absolute Gasteiger partial charge is 0.288 e. The highest BCUT2D eigenvalue weighted by Crippen LogP contribution is 2.34. The molecule has 29 heavy (non-hydrogen) atoms. The number of nitro benzene ring substituents is 1. The third kappa shape index (κ3) is 4.90. The van der Waals surface area contributed by atoms with Crippen LogP contribution in [-0.4, -0.2) is 62.2 Å². The fourth-order valence-corrected chi connectivity index (χ4v) is 5.24. The summed E-state index contributed by atoms with van der Waals surface area (Å²) in [6, 6.07) is 2.20. The zero-order valence-corrected chi connectivity index (χ0v) is 18.3. The maximum Gasteiger partial charge on any atom is 0.288 e. The van der Waals surface area contributed by atoms with Crippen LogP contribution in [0.1, 0.15) is 20.3 Å². The van der Waals surface area contributed by atoms with E-state index in [1.165, 1.54) is 6.07 Å². The topological polar surface area (TPSA) is 114 Å². The summed E-state index contributed by atoms with van der Waals surface area (Å²) in [5.74, 6) is 0.558. The second kappa shape index (κ2) is 8.33. The summed E-state index contributed by atoms with van der Waals surface area (Å²) in [7, 11) is -3.70. The fraction of sp³-hybridized carbons (Fsp3) is 0.556. The van der Waals surface area contributed by atoms with Crippen LogP contribution >= 0.6 is 11.3 Å². The first kappa shape index (κ1) is 21.6. The van der Waals surface area contributed by atoms with Crippen LogP contribution in [0.3, 0.4) is 0 Å². The Kier molecular flexibility index (Phi) is 6.20. The third-order valence-corrected chi connectivity index (χ3v) is 7.03. The molecule has 3 rings (SSSR count). The van der Waals surface area contributed by atoms with Gasteiger partial charge in [-0.1, -0.05) is 25.2 Å². The highest BCUT2D eigenvalue weighted by atomic mass is 32.2. The van der Waals surface area contributed by atoms with Crippen LogP contribution in [0.4, 0.5) is 10.8 Å². The summed E-state index contributed by atoms with van der Waals surface area (Å²) in [4.78, 5) is 31.8. The van der Waals surface area contributed by atoms with Crippen molar-refractivity contribution in [1.82, 2.24) is 9.88 Å². The fourth-order valence-electron chi connectivity index (χ4n) is 3.46. The monoisotopic (exact) mass is 440 g/mol. The number of nitro groups is 1. The van der Waals surface area contributed by atoms with Gasteiger partial charge in [-0.2, -0.15) is 4.98 Å². The number of anilines is 1. The van der Waals surface area contributed by atoms with Gasteiger partial charge < -0.3 is 9.80 Å². The maximum atomic E-state index is 12.6. The standard InChI is InChI=1S/C18H24N4O5S2/c1-12(2)11-20-5-4-6-21(8-7-20)18-19-17(23)14-9-13(29(3,26)27)10-15(22(24)25)16(14)28-18/h9-10,12H,4-8,11H2,1-3H3. The number of rotatable bonds is 5. The number of hydrogen-bond acceptors (Lipinski definition) is 9. The Morgan fingerprint density at radius 2 is 1.97 bits per heavy atom. The highest BCUT2D eigenvalue weighted by molar-refractivity contribution is 7.90. The average molecular weight is 441 g/mol. The lowest BCUT2D eigenvalue weighted by atomic mass is 10.2. The van der Waals surface area contributed by atoms with E-state index in [0.717, 1.165) is 49.7 Å². The number of fused-ring (bicyclic) bond motifs is 1.